The SMILES string of the molecule is O=C1NOC=CC1C1=CC=CCC1. The van der Waals surface area contributed by atoms with Crippen LogP contribution in [-0.2, 0) is 9.63 Å². The van der Waals surface area contributed by atoms with Gasteiger partial charge < -0.3 is 4.84 Å². The molecule has 0 fully saturated rings. The third-order valence-corrected chi connectivity index (χ3v) is 2.23. The van der Waals surface area contributed by atoms with Crippen molar-refractivity contribution in [2.45, 2.75) is 12.8 Å². The molecule has 1 atom stereocenters. The van der Waals surface area contributed by atoms with Gasteiger partial charge in [0.2, 0.25) is 0 Å². The highest BCUT2D eigenvalue weighted by Gasteiger charge is 2.22. The molecule has 0 aromatic rings. The fourth-order valence-electron chi connectivity index (χ4n) is 1.53. The second-order valence-corrected chi connectivity index (χ2v) is 3.10. The first-order chi connectivity index (χ1) is 6.38. The zero-order chi connectivity index (χ0) is 9.10. The van der Waals surface area contributed by atoms with E-state index in [-0.39, 0.29) is 11.8 Å². The van der Waals surface area contributed by atoms with Crippen LogP contribution in [0.5, 0.6) is 0 Å². The second-order valence-electron chi connectivity index (χ2n) is 3.10. The lowest BCUT2D eigenvalue weighted by Gasteiger charge is -2.20. The quantitative estimate of drug-likeness (QED) is 0.658. The third-order valence-electron chi connectivity index (χ3n) is 2.23. The molecule has 0 radical (unpaired) electrons. The van der Waals surface area contributed by atoms with Crippen LogP contribution in [0.25, 0.3) is 0 Å². The van der Waals surface area contributed by atoms with Gasteiger partial charge in [-0.2, -0.15) is 5.48 Å². The summed E-state index contributed by atoms with van der Waals surface area (Å²) in [5.41, 5.74) is 3.49. The minimum atomic E-state index is -0.140. The molecule has 1 unspecified atom stereocenters. The molecule has 0 saturated carbocycles. The van der Waals surface area contributed by atoms with E-state index < -0.39 is 0 Å². The summed E-state index contributed by atoms with van der Waals surface area (Å²) in [5.74, 6) is -0.220. The van der Waals surface area contributed by atoms with E-state index in [0.29, 0.717) is 0 Å². The van der Waals surface area contributed by atoms with Crippen molar-refractivity contribution in [3.05, 3.63) is 36.1 Å². The Labute approximate surface area is 76.7 Å². The number of rotatable bonds is 1. The van der Waals surface area contributed by atoms with Crippen LogP contribution in [-0.4, -0.2) is 5.91 Å². The van der Waals surface area contributed by atoms with Crippen LogP contribution < -0.4 is 5.48 Å². The maximum Gasteiger partial charge on any atom is 0.263 e. The minimum Gasteiger partial charge on any atom is -0.388 e. The summed E-state index contributed by atoms with van der Waals surface area (Å²) < 4.78 is 0. The largest absolute Gasteiger partial charge is 0.388 e. The highest BCUT2D eigenvalue weighted by molar-refractivity contribution is 5.83. The molecule has 13 heavy (non-hydrogen) atoms. The predicted molar refractivity (Wildman–Crippen MR) is 48.3 cm³/mol. The molecule has 2 rings (SSSR count). The molecule has 0 saturated heterocycles. The fourth-order valence-corrected chi connectivity index (χ4v) is 1.53. The van der Waals surface area contributed by atoms with Crippen molar-refractivity contribution in [1.29, 1.82) is 0 Å². The summed E-state index contributed by atoms with van der Waals surface area (Å²) in [7, 11) is 0. The Kier molecular flexibility index (Phi) is 2.17. The fraction of sp³-hybridized carbons (Fsp3) is 0.300. The lowest BCUT2D eigenvalue weighted by Crippen LogP contribution is -2.32. The van der Waals surface area contributed by atoms with Crippen molar-refractivity contribution >= 4 is 5.91 Å². The average Bonchev–Trinajstić information content (AvgIpc) is 2.20. The standard InChI is InChI=1S/C10H11NO2/c12-10-9(6-7-13-11-10)8-4-2-1-3-5-8/h1-2,4,6-7,9H,3,5H2,(H,11,12). The summed E-state index contributed by atoms with van der Waals surface area (Å²) in [6, 6.07) is 0. The Hall–Kier alpha value is -1.51. The number of allylic oxidation sites excluding steroid dienone is 3. The van der Waals surface area contributed by atoms with Crippen LogP contribution in [0.1, 0.15) is 12.8 Å². The van der Waals surface area contributed by atoms with E-state index in [2.05, 4.69) is 16.4 Å². The van der Waals surface area contributed by atoms with Crippen LogP contribution in [0.4, 0.5) is 0 Å². The molecule has 0 aromatic carbocycles. The number of hydrogen-bond donors (Lipinski definition) is 1. The van der Waals surface area contributed by atoms with E-state index >= 15 is 0 Å². The van der Waals surface area contributed by atoms with E-state index in [1.807, 2.05) is 12.2 Å². The molecule has 1 aliphatic carbocycles. The molecule has 3 heteroatoms. The molecule has 1 N–H and O–H groups in total. The number of nitrogens with one attached hydrogen (secondary N) is 1. The van der Waals surface area contributed by atoms with E-state index in [0.717, 1.165) is 18.4 Å². The lowest BCUT2D eigenvalue weighted by molar-refractivity contribution is -0.133. The van der Waals surface area contributed by atoms with E-state index in [1.165, 1.54) is 6.26 Å². The van der Waals surface area contributed by atoms with Crippen molar-refractivity contribution in [2.75, 3.05) is 0 Å². The maximum absolute atomic E-state index is 11.3. The van der Waals surface area contributed by atoms with Gasteiger partial charge in [-0.3, -0.25) is 4.79 Å². The number of hydrogen-bond acceptors (Lipinski definition) is 2. The molecule has 0 spiro atoms. The Bertz CT molecular complexity index is 302. The molecule has 1 aliphatic heterocycles. The van der Waals surface area contributed by atoms with Gasteiger partial charge in [0.15, 0.2) is 0 Å². The first-order valence-corrected chi connectivity index (χ1v) is 4.36. The molecule has 0 aromatic heterocycles. The topological polar surface area (TPSA) is 38.3 Å². The van der Waals surface area contributed by atoms with Crippen molar-refractivity contribution in [3.8, 4) is 0 Å². The minimum absolute atomic E-state index is 0.0796. The van der Waals surface area contributed by atoms with Gasteiger partial charge in [-0.25, -0.2) is 0 Å². The van der Waals surface area contributed by atoms with Gasteiger partial charge in [0.1, 0.15) is 6.26 Å². The second kappa shape index (κ2) is 3.47. The van der Waals surface area contributed by atoms with Crippen molar-refractivity contribution in [2.24, 2.45) is 5.92 Å². The van der Waals surface area contributed by atoms with Gasteiger partial charge in [-0.05, 0) is 18.9 Å². The van der Waals surface area contributed by atoms with Crippen LogP contribution in [0, 0.1) is 5.92 Å². The smallest absolute Gasteiger partial charge is 0.263 e. The number of amides is 1. The highest BCUT2D eigenvalue weighted by atomic mass is 16.6. The van der Waals surface area contributed by atoms with E-state index in [4.69, 9.17) is 0 Å². The molecule has 3 nitrogen and oxygen atoms in total. The molecule has 68 valence electrons. The van der Waals surface area contributed by atoms with E-state index in [1.54, 1.807) is 6.08 Å². The number of carbonyl (C=O) groups excluding carboxylic acids is 1. The predicted octanol–water partition coefficient (Wildman–Crippen LogP) is 1.45. The average molecular weight is 177 g/mol. The van der Waals surface area contributed by atoms with Gasteiger partial charge in [0, 0.05) is 0 Å². The van der Waals surface area contributed by atoms with Gasteiger partial charge >= 0.3 is 0 Å². The number of carbonyl (C=O) groups is 1. The van der Waals surface area contributed by atoms with Crippen LogP contribution in [0.15, 0.2) is 36.1 Å². The number of hydroxylamine groups is 1. The first-order valence-electron chi connectivity index (χ1n) is 4.36. The van der Waals surface area contributed by atoms with Crippen LogP contribution in [0.3, 0.4) is 0 Å². The van der Waals surface area contributed by atoms with Gasteiger partial charge in [-0.15, -0.1) is 0 Å². The Balaban J connectivity index is 2.18. The van der Waals surface area contributed by atoms with Crippen molar-refractivity contribution in [1.82, 2.24) is 5.48 Å². The molecule has 1 amide bonds. The van der Waals surface area contributed by atoms with Crippen molar-refractivity contribution in [3.63, 3.8) is 0 Å². The van der Waals surface area contributed by atoms with E-state index in [9.17, 15) is 4.79 Å². The van der Waals surface area contributed by atoms with Gasteiger partial charge in [0.25, 0.3) is 5.91 Å². The summed E-state index contributed by atoms with van der Waals surface area (Å²) in [6.07, 6.45) is 11.4. The Morgan fingerprint density at radius 3 is 3.15 bits per heavy atom. The molecule has 1 heterocycles. The molecular formula is C10H11NO2. The normalized spacial score (nSPS) is 26.3. The third kappa shape index (κ3) is 1.64. The zero-order valence-electron chi connectivity index (χ0n) is 7.19. The van der Waals surface area contributed by atoms with Gasteiger partial charge in [-0.1, -0.05) is 23.8 Å². The molecule has 2 aliphatic rings. The van der Waals surface area contributed by atoms with Crippen LogP contribution in [0.2, 0.25) is 0 Å². The first kappa shape index (κ1) is 8.10. The summed E-state index contributed by atoms with van der Waals surface area (Å²) in [4.78, 5) is 16.0. The van der Waals surface area contributed by atoms with Crippen LogP contribution >= 0.6 is 0 Å². The maximum atomic E-state index is 11.3. The molecule has 0 bridgehead atoms. The van der Waals surface area contributed by atoms with Crippen molar-refractivity contribution < 1.29 is 9.63 Å². The Morgan fingerprint density at radius 1 is 1.54 bits per heavy atom. The molecular weight excluding hydrogens is 166 g/mol. The summed E-state index contributed by atoms with van der Waals surface area (Å²) in [5, 5.41) is 0. The highest BCUT2D eigenvalue weighted by Crippen LogP contribution is 2.23. The summed E-state index contributed by atoms with van der Waals surface area (Å²) >= 11 is 0. The Morgan fingerprint density at radius 2 is 2.46 bits per heavy atom. The van der Waals surface area contributed by atoms with Gasteiger partial charge in [0.05, 0.1) is 5.92 Å². The zero-order valence-corrected chi connectivity index (χ0v) is 7.19. The monoisotopic (exact) mass is 177 g/mol. The summed E-state index contributed by atoms with van der Waals surface area (Å²) in [6.45, 7) is 0. The lowest BCUT2D eigenvalue weighted by atomic mass is 9.91.